The van der Waals surface area contributed by atoms with Gasteiger partial charge in [0.2, 0.25) is 0 Å². The number of carbonyl (C=O) groups excluding carboxylic acids is 1. The number of carbonyl (C=O) groups is 1. The van der Waals surface area contributed by atoms with Crippen LogP contribution in [0.4, 0.5) is 0 Å². The van der Waals surface area contributed by atoms with Gasteiger partial charge in [0.25, 0.3) is 0 Å². The first-order valence-electron chi connectivity index (χ1n) is 6.59. The van der Waals surface area contributed by atoms with Gasteiger partial charge in [0.15, 0.2) is 5.78 Å². The highest BCUT2D eigenvalue weighted by Gasteiger charge is 2.52. The Morgan fingerprint density at radius 2 is 2.06 bits per heavy atom. The van der Waals surface area contributed by atoms with E-state index >= 15 is 0 Å². The monoisotopic (exact) mass is 228 g/mol. The fourth-order valence-electron chi connectivity index (χ4n) is 4.06. The average Bonchev–Trinajstić information content (AvgIpc) is 2.97. The first kappa shape index (κ1) is 9.84. The molecule has 0 aromatic rings. The molecule has 1 saturated carbocycles. The van der Waals surface area contributed by atoms with Crippen molar-refractivity contribution >= 4 is 5.78 Å². The largest absolute Gasteiger partial charge is 0.357 e. The molecule has 2 heteroatoms. The lowest BCUT2D eigenvalue weighted by molar-refractivity contribution is -0.133. The number of hydrogen-bond donors (Lipinski definition) is 0. The van der Waals surface area contributed by atoms with Crippen LogP contribution in [-0.2, 0) is 9.53 Å². The van der Waals surface area contributed by atoms with E-state index in [1.807, 2.05) is 6.08 Å². The lowest BCUT2D eigenvalue weighted by atomic mass is 9.68. The molecule has 17 heavy (non-hydrogen) atoms. The van der Waals surface area contributed by atoms with Gasteiger partial charge in [-0.25, -0.2) is 0 Å². The molecule has 0 N–H and O–H groups in total. The van der Waals surface area contributed by atoms with E-state index in [2.05, 4.69) is 12.2 Å². The fourth-order valence-corrected chi connectivity index (χ4v) is 4.06. The molecule has 2 bridgehead atoms. The fraction of sp³-hybridized carbons (Fsp3) is 0.533. The third-order valence-corrected chi connectivity index (χ3v) is 4.84. The molecular weight excluding hydrogens is 212 g/mol. The minimum absolute atomic E-state index is 0.130. The molecule has 0 aromatic heterocycles. The van der Waals surface area contributed by atoms with E-state index in [1.54, 1.807) is 6.08 Å². The van der Waals surface area contributed by atoms with Crippen LogP contribution < -0.4 is 0 Å². The van der Waals surface area contributed by atoms with E-state index in [1.165, 1.54) is 36.8 Å². The van der Waals surface area contributed by atoms with Crippen LogP contribution in [0, 0.1) is 5.41 Å². The van der Waals surface area contributed by atoms with Gasteiger partial charge in [-0.1, -0.05) is 31.1 Å². The SMILES string of the molecule is O=C1C=C[C@H]2O[C@@H]1C1=C(C=CC1)C21CCCC1. The van der Waals surface area contributed by atoms with Crippen LogP contribution in [0.3, 0.4) is 0 Å². The molecule has 2 heterocycles. The Morgan fingerprint density at radius 3 is 2.88 bits per heavy atom. The van der Waals surface area contributed by atoms with Gasteiger partial charge in [-0.05, 0) is 36.5 Å². The molecule has 2 nitrogen and oxygen atoms in total. The molecular formula is C15H16O2. The number of ether oxygens (including phenoxy) is 1. The molecule has 0 aromatic carbocycles. The van der Waals surface area contributed by atoms with Crippen molar-refractivity contribution in [2.45, 2.75) is 44.3 Å². The summed E-state index contributed by atoms with van der Waals surface area (Å²) in [6, 6.07) is 0. The van der Waals surface area contributed by atoms with Gasteiger partial charge in [-0.3, -0.25) is 4.79 Å². The Labute approximate surface area is 101 Å². The summed E-state index contributed by atoms with van der Waals surface area (Å²) in [4.78, 5) is 11.9. The van der Waals surface area contributed by atoms with Crippen molar-refractivity contribution in [1.29, 1.82) is 0 Å². The molecule has 0 unspecified atom stereocenters. The van der Waals surface area contributed by atoms with Crippen molar-refractivity contribution in [3.8, 4) is 0 Å². The summed E-state index contributed by atoms with van der Waals surface area (Å²) in [5.74, 6) is 0.130. The van der Waals surface area contributed by atoms with Gasteiger partial charge in [-0.2, -0.15) is 0 Å². The maximum Gasteiger partial charge on any atom is 0.188 e. The van der Waals surface area contributed by atoms with Crippen molar-refractivity contribution in [3.05, 3.63) is 35.5 Å². The summed E-state index contributed by atoms with van der Waals surface area (Å²) in [5.41, 5.74) is 2.88. The molecule has 0 radical (unpaired) electrons. The van der Waals surface area contributed by atoms with Crippen molar-refractivity contribution < 1.29 is 9.53 Å². The van der Waals surface area contributed by atoms with Gasteiger partial charge < -0.3 is 4.74 Å². The second-order valence-corrected chi connectivity index (χ2v) is 5.61. The third-order valence-electron chi connectivity index (χ3n) is 4.84. The third kappa shape index (κ3) is 1.12. The number of fused-ring (bicyclic) bond motifs is 5. The standard InChI is InChI=1S/C15H16O2/c16-12-6-7-13-15(8-1-2-9-15)11-5-3-4-10(11)14(12)17-13/h3,5-7,13-14H,1-2,4,8-9H2/t13-,14-/m1/s1. The Balaban J connectivity index is 1.91. The van der Waals surface area contributed by atoms with E-state index in [9.17, 15) is 4.79 Å². The van der Waals surface area contributed by atoms with Crippen molar-refractivity contribution in [1.82, 2.24) is 0 Å². The van der Waals surface area contributed by atoms with E-state index in [-0.39, 0.29) is 23.4 Å². The normalized spacial score (nSPS) is 37.1. The highest BCUT2D eigenvalue weighted by molar-refractivity contribution is 5.97. The maximum atomic E-state index is 11.9. The molecule has 88 valence electrons. The van der Waals surface area contributed by atoms with Gasteiger partial charge in [-0.15, -0.1) is 0 Å². The second-order valence-electron chi connectivity index (χ2n) is 5.61. The summed E-state index contributed by atoms with van der Waals surface area (Å²) in [6.07, 6.45) is 14.0. The van der Waals surface area contributed by atoms with Crippen molar-refractivity contribution in [2.75, 3.05) is 0 Å². The van der Waals surface area contributed by atoms with E-state index in [0.717, 1.165) is 6.42 Å². The average molecular weight is 228 g/mol. The van der Waals surface area contributed by atoms with Crippen molar-refractivity contribution in [3.63, 3.8) is 0 Å². The number of ketones is 1. The molecule has 0 saturated heterocycles. The first-order chi connectivity index (χ1) is 8.31. The quantitative estimate of drug-likeness (QED) is 0.637. The van der Waals surface area contributed by atoms with Gasteiger partial charge in [0.05, 0.1) is 6.10 Å². The summed E-state index contributed by atoms with van der Waals surface area (Å²) >= 11 is 0. The molecule has 1 spiro atoms. The minimum atomic E-state index is -0.277. The Kier molecular flexibility index (Phi) is 1.85. The van der Waals surface area contributed by atoms with Crippen LogP contribution in [0.5, 0.6) is 0 Å². The van der Waals surface area contributed by atoms with E-state index in [4.69, 9.17) is 4.74 Å². The topological polar surface area (TPSA) is 26.3 Å². The molecule has 1 fully saturated rings. The Bertz CT molecular complexity index is 475. The van der Waals surface area contributed by atoms with Gasteiger partial charge >= 0.3 is 0 Å². The van der Waals surface area contributed by atoms with Crippen LogP contribution in [-0.4, -0.2) is 18.0 Å². The zero-order valence-corrected chi connectivity index (χ0v) is 9.82. The van der Waals surface area contributed by atoms with Crippen LogP contribution >= 0.6 is 0 Å². The predicted octanol–water partition coefficient (Wildman–Crippen LogP) is 2.71. The number of allylic oxidation sites excluding steroid dienone is 2. The summed E-state index contributed by atoms with van der Waals surface area (Å²) in [6.45, 7) is 0. The summed E-state index contributed by atoms with van der Waals surface area (Å²) < 4.78 is 6.05. The van der Waals surface area contributed by atoms with E-state index in [0.29, 0.717) is 0 Å². The lowest BCUT2D eigenvalue weighted by Crippen LogP contribution is -2.47. The van der Waals surface area contributed by atoms with Crippen LogP contribution in [0.15, 0.2) is 35.5 Å². The number of rotatable bonds is 0. The maximum absolute atomic E-state index is 11.9. The van der Waals surface area contributed by atoms with E-state index < -0.39 is 0 Å². The molecule has 2 atom stereocenters. The lowest BCUT2D eigenvalue weighted by Gasteiger charge is -2.45. The molecule has 0 amide bonds. The van der Waals surface area contributed by atoms with Crippen molar-refractivity contribution in [2.24, 2.45) is 5.41 Å². The second kappa shape index (κ2) is 3.20. The van der Waals surface area contributed by atoms with Gasteiger partial charge in [0.1, 0.15) is 6.10 Å². The molecule has 2 aliphatic heterocycles. The highest BCUT2D eigenvalue weighted by atomic mass is 16.5. The van der Waals surface area contributed by atoms with Crippen LogP contribution in [0.2, 0.25) is 0 Å². The zero-order valence-electron chi connectivity index (χ0n) is 9.82. The first-order valence-corrected chi connectivity index (χ1v) is 6.59. The number of hydrogen-bond acceptors (Lipinski definition) is 2. The van der Waals surface area contributed by atoms with Gasteiger partial charge in [0, 0.05) is 5.41 Å². The Morgan fingerprint density at radius 1 is 1.24 bits per heavy atom. The minimum Gasteiger partial charge on any atom is -0.357 e. The summed E-state index contributed by atoms with van der Waals surface area (Å²) in [5, 5.41) is 0. The predicted molar refractivity (Wildman–Crippen MR) is 64.5 cm³/mol. The van der Waals surface area contributed by atoms with Crippen LogP contribution in [0.1, 0.15) is 32.1 Å². The van der Waals surface area contributed by atoms with Crippen LogP contribution in [0.25, 0.3) is 0 Å². The zero-order chi connectivity index (χ0) is 11.5. The molecule has 4 rings (SSSR count). The molecule has 2 aliphatic carbocycles. The smallest absolute Gasteiger partial charge is 0.188 e. The highest BCUT2D eigenvalue weighted by Crippen LogP contribution is 2.56. The Hall–Kier alpha value is -1.15. The molecule has 4 aliphatic rings. The summed E-state index contributed by atoms with van der Waals surface area (Å²) in [7, 11) is 0.